The minimum Gasteiger partial charge on any atom is -0.504 e. The van der Waals surface area contributed by atoms with Gasteiger partial charge in [-0.15, -0.1) is 0 Å². The highest BCUT2D eigenvalue weighted by atomic mass is 32.2. The Morgan fingerprint density at radius 2 is 1.52 bits per heavy atom. The molecular weight excluding hydrogens is 420 g/mol. The maximum Gasteiger partial charge on any atom is 0.295 e. The maximum atomic E-state index is 12.3. The summed E-state index contributed by atoms with van der Waals surface area (Å²) in [6.45, 7) is 0.0661. The van der Waals surface area contributed by atoms with Gasteiger partial charge in [0.1, 0.15) is 4.90 Å². The van der Waals surface area contributed by atoms with Gasteiger partial charge in [-0.1, -0.05) is 24.3 Å². The molecule has 11 heteroatoms. The molecule has 0 fully saturated rings. The van der Waals surface area contributed by atoms with Gasteiger partial charge in [0.15, 0.2) is 11.5 Å². The molecule has 0 heterocycles. The van der Waals surface area contributed by atoms with E-state index in [-0.39, 0.29) is 22.9 Å². The van der Waals surface area contributed by atoms with Crippen molar-refractivity contribution in [2.24, 2.45) is 0 Å². The first kappa shape index (κ1) is 20.9. The average Bonchev–Trinajstić information content (AvgIpc) is 2.66. The number of anilines is 1. The minimum absolute atomic E-state index is 0.0472. The molecule has 0 aliphatic heterocycles. The van der Waals surface area contributed by atoms with Crippen LogP contribution in [0.3, 0.4) is 0 Å². The van der Waals surface area contributed by atoms with Crippen LogP contribution in [0.15, 0.2) is 64.4 Å². The van der Waals surface area contributed by atoms with Crippen molar-refractivity contribution in [1.29, 1.82) is 0 Å². The number of phenolic OH excluding ortho intramolecular Hbond substituents is 2. The molecule has 5 N–H and O–H groups in total. The summed E-state index contributed by atoms with van der Waals surface area (Å²) in [5.41, 5.74) is 0.414. The van der Waals surface area contributed by atoms with Crippen LogP contribution in [0, 0.1) is 0 Å². The van der Waals surface area contributed by atoms with E-state index in [1.54, 1.807) is 24.3 Å². The fourth-order valence-electron chi connectivity index (χ4n) is 2.81. The molecule has 0 saturated carbocycles. The summed E-state index contributed by atoms with van der Waals surface area (Å²) < 4.78 is 59.7. The Kier molecular flexibility index (Phi) is 5.66. The summed E-state index contributed by atoms with van der Waals surface area (Å²) in [5, 5.41) is 22.6. The van der Waals surface area contributed by atoms with Crippen molar-refractivity contribution in [3.8, 4) is 11.5 Å². The molecule has 0 aliphatic rings. The summed E-state index contributed by atoms with van der Waals surface area (Å²) in [7, 11) is -8.37. The van der Waals surface area contributed by atoms with Gasteiger partial charge in [0.05, 0.1) is 4.90 Å². The zero-order chi connectivity index (χ0) is 21.2. The standard InChI is InChI=1S/C18H18N2O7S2/c21-15-8-7-13(11-16(15)22)28(23,24)20-10-9-19-14-5-1-3-12-4-2-6-17(18(12)14)29(25,26)27/h1-8,11,19-22H,9-10H2,(H,25,26,27). The van der Waals surface area contributed by atoms with Crippen LogP contribution in [0.1, 0.15) is 0 Å². The fourth-order valence-corrected chi connectivity index (χ4v) is 4.59. The minimum atomic E-state index is -4.45. The molecule has 0 unspecified atom stereocenters. The van der Waals surface area contributed by atoms with Crippen molar-refractivity contribution in [1.82, 2.24) is 4.72 Å². The number of hydrogen-bond donors (Lipinski definition) is 5. The number of hydrogen-bond acceptors (Lipinski definition) is 7. The van der Waals surface area contributed by atoms with Crippen LogP contribution < -0.4 is 10.0 Å². The molecule has 3 rings (SSSR count). The third-order valence-corrected chi connectivity index (χ3v) is 6.49. The van der Waals surface area contributed by atoms with Crippen LogP contribution in [0.25, 0.3) is 10.8 Å². The van der Waals surface area contributed by atoms with Crippen LogP contribution in [0.5, 0.6) is 11.5 Å². The lowest BCUT2D eigenvalue weighted by Gasteiger charge is -2.13. The quantitative estimate of drug-likeness (QED) is 0.213. The maximum absolute atomic E-state index is 12.3. The van der Waals surface area contributed by atoms with Crippen LogP contribution >= 0.6 is 0 Å². The molecule has 0 bridgehead atoms. The van der Waals surface area contributed by atoms with E-state index in [1.165, 1.54) is 12.1 Å². The van der Waals surface area contributed by atoms with Crippen LogP contribution in [-0.4, -0.2) is 44.7 Å². The first-order valence-corrected chi connectivity index (χ1v) is 11.3. The SMILES string of the molecule is O=S(=O)(O)c1cccc2cccc(NCCNS(=O)(=O)c3ccc(O)c(O)c3)c12. The highest BCUT2D eigenvalue weighted by molar-refractivity contribution is 7.89. The van der Waals surface area contributed by atoms with Crippen LogP contribution in [-0.2, 0) is 20.1 Å². The van der Waals surface area contributed by atoms with Crippen LogP contribution in [0.2, 0.25) is 0 Å². The van der Waals surface area contributed by atoms with E-state index in [0.29, 0.717) is 16.5 Å². The summed E-state index contributed by atoms with van der Waals surface area (Å²) in [4.78, 5) is -0.468. The third-order valence-electron chi connectivity index (χ3n) is 4.13. The van der Waals surface area contributed by atoms with Gasteiger partial charge < -0.3 is 15.5 Å². The van der Waals surface area contributed by atoms with E-state index < -0.39 is 31.6 Å². The molecule has 0 radical (unpaired) electrons. The first-order chi connectivity index (χ1) is 13.6. The summed E-state index contributed by atoms with van der Waals surface area (Å²) in [6, 6.07) is 12.6. The second-order valence-electron chi connectivity index (χ2n) is 6.11. The van der Waals surface area contributed by atoms with Crippen molar-refractivity contribution in [2.75, 3.05) is 18.4 Å². The Labute approximate surface area is 167 Å². The number of nitrogens with one attached hydrogen (secondary N) is 2. The lowest BCUT2D eigenvalue weighted by Crippen LogP contribution is -2.29. The monoisotopic (exact) mass is 438 g/mol. The number of phenols is 2. The van der Waals surface area contributed by atoms with Gasteiger partial charge >= 0.3 is 0 Å². The zero-order valence-electron chi connectivity index (χ0n) is 14.9. The highest BCUT2D eigenvalue weighted by Gasteiger charge is 2.17. The van der Waals surface area contributed by atoms with Gasteiger partial charge in [-0.25, -0.2) is 13.1 Å². The van der Waals surface area contributed by atoms with E-state index in [0.717, 1.165) is 18.2 Å². The number of fused-ring (bicyclic) bond motifs is 1. The normalized spacial score (nSPS) is 12.2. The number of rotatable bonds is 7. The predicted octanol–water partition coefficient (Wildman–Crippen LogP) is 1.89. The third kappa shape index (κ3) is 4.59. The molecule has 0 aliphatic carbocycles. The van der Waals surface area contributed by atoms with E-state index in [1.807, 2.05) is 0 Å². The number of aromatic hydroxyl groups is 2. The van der Waals surface area contributed by atoms with E-state index in [4.69, 9.17) is 0 Å². The Balaban J connectivity index is 1.76. The molecule has 3 aromatic carbocycles. The van der Waals surface area contributed by atoms with Gasteiger partial charge in [0, 0.05) is 30.2 Å². The zero-order valence-corrected chi connectivity index (χ0v) is 16.5. The van der Waals surface area contributed by atoms with Gasteiger partial charge in [-0.2, -0.15) is 8.42 Å². The second-order valence-corrected chi connectivity index (χ2v) is 9.27. The predicted molar refractivity (Wildman–Crippen MR) is 107 cm³/mol. The summed E-state index contributed by atoms with van der Waals surface area (Å²) in [6.07, 6.45) is 0. The topological polar surface area (TPSA) is 153 Å². The van der Waals surface area contributed by atoms with Gasteiger partial charge in [-0.05, 0) is 29.7 Å². The van der Waals surface area contributed by atoms with E-state index in [2.05, 4.69) is 10.0 Å². The lowest BCUT2D eigenvalue weighted by molar-refractivity contribution is 0.402. The fraction of sp³-hybridized carbons (Fsp3) is 0.111. The van der Waals surface area contributed by atoms with Crippen molar-refractivity contribution in [3.05, 3.63) is 54.6 Å². The molecule has 0 atom stereocenters. The van der Waals surface area contributed by atoms with Gasteiger partial charge in [0.25, 0.3) is 10.1 Å². The smallest absolute Gasteiger partial charge is 0.295 e. The van der Waals surface area contributed by atoms with Gasteiger partial charge in [-0.3, -0.25) is 4.55 Å². The molecule has 9 nitrogen and oxygen atoms in total. The summed E-state index contributed by atoms with van der Waals surface area (Å²) in [5.74, 6) is -0.990. The lowest BCUT2D eigenvalue weighted by atomic mass is 10.1. The second kappa shape index (κ2) is 7.87. The van der Waals surface area contributed by atoms with Crippen molar-refractivity contribution >= 4 is 36.6 Å². The van der Waals surface area contributed by atoms with Crippen molar-refractivity contribution in [3.63, 3.8) is 0 Å². The van der Waals surface area contributed by atoms with Crippen molar-refractivity contribution in [2.45, 2.75) is 9.79 Å². The first-order valence-electron chi connectivity index (χ1n) is 8.34. The molecule has 0 saturated heterocycles. The molecule has 3 aromatic rings. The molecule has 0 amide bonds. The molecular formula is C18H18N2O7S2. The Morgan fingerprint density at radius 3 is 2.17 bits per heavy atom. The Hall–Kier alpha value is -2.86. The Bertz CT molecular complexity index is 1270. The van der Waals surface area contributed by atoms with Crippen LogP contribution in [0.4, 0.5) is 5.69 Å². The molecule has 29 heavy (non-hydrogen) atoms. The number of sulfonamides is 1. The Morgan fingerprint density at radius 1 is 0.828 bits per heavy atom. The van der Waals surface area contributed by atoms with E-state index >= 15 is 0 Å². The summed E-state index contributed by atoms with van der Waals surface area (Å²) >= 11 is 0. The average molecular weight is 438 g/mol. The molecule has 154 valence electrons. The van der Waals surface area contributed by atoms with E-state index in [9.17, 15) is 31.6 Å². The van der Waals surface area contributed by atoms with Crippen molar-refractivity contribution < 1.29 is 31.6 Å². The molecule has 0 aromatic heterocycles. The molecule has 0 spiro atoms. The largest absolute Gasteiger partial charge is 0.504 e. The highest BCUT2D eigenvalue weighted by Crippen LogP contribution is 2.30. The number of benzene rings is 3. The van der Waals surface area contributed by atoms with Gasteiger partial charge in [0.2, 0.25) is 10.0 Å².